The molecule has 0 amide bonds. The Morgan fingerprint density at radius 1 is 1.09 bits per heavy atom. The lowest BCUT2D eigenvalue weighted by Gasteiger charge is -2.13. The number of ether oxygens (including phenoxy) is 1. The van der Waals surface area contributed by atoms with Gasteiger partial charge in [-0.15, -0.1) is 24.0 Å². The molecular formula is C24H32IN5O2. The van der Waals surface area contributed by atoms with Gasteiger partial charge in [-0.1, -0.05) is 24.3 Å². The number of aromatic hydroxyl groups is 1. The van der Waals surface area contributed by atoms with Crippen LogP contribution in [0.15, 0.2) is 53.5 Å². The van der Waals surface area contributed by atoms with Crippen molar-refractivity contribution >= 4 is 29.9 Å². The van der Waals surface area contributed by atoms with E-state index < -0.39 is 0 Å². The fraction of sp³-hybridized carbons (Fsp3) is 0.333. The summed E-state index contributed by atoms with van der Waals surface area (Å²) in [5.41, 5.74) is 5.08. The van der Waals surface area contributed by atoms with E-state index in [1.807, 2.05) is 42.8 Å². The quantitative estimate of drug-likeness (QED) is 0.224. The van der Waals surface area contributed by atoms with Crippen LogP contribution in [0, 0.1) is 13.8 Å². The summed E-state index contributed by atoms with van der Waals surface area (Å²) >= 11 is 0. The molecule has 172 valence electrons. The van der Waals surface area contributed by atoms with Gasteiger partial charge in [0.05, 0.1) is 25.0 Å². The van der Waals surface area contributed by atoms with Crippen molar-refractivity contribution in [2.45, 2.75) is 33.7 Å². The molecule has 0 fully saturated rings. The molecule has 8 heteroatoms. The summed E-state index contributed by atoms with van der Waals surface area (Å²) in [7, 11) is 1.59. The number of para-hydroxylation sites is 1. The van der Waals surface area contributed by atoms with Gasteiger partial charge in [0.2, 0.25) is 0 Å². The monoisotopic (exact) mass is 549 g/mol. The minimum absolute atomic E-state index is 0. The van der Waals surface area contributed by atoms with Crippen LogP contribution in [0.25, 0.3) is 5.69 Å². The van der Waals surface area contributed by atoms with Crippen LogP contribution in [0.1, 0.15) is 29.4 Å². The molecule has 3 rings (SSSR count). The molecule has 7 nitrogen and oxygen atoms in total. The number of phenols is 1. The summed E-state index contributed by atoms with van der Waals surface area (Å²) in [6.07, 6.45) is 0.669. The highest BCUT2D eigenvalue weighted by Gasteiger charge is 2.09. The van der Waals surface area contributed by atoms with Crippen molar-refractivity contribution in [3.05, 3.63) is 71.0 Å². The Morgan fingerprint density at radius 3 is 2.53 bits per heavy atom. The van der Waals surface area contributed by atoms with Crippen LogP contribution < -0.4 is 15.4 Å². The fourth-order valence-corrected chi connectivity index (χ4v) is 3.43. The Hall–Kier alpha value is -2.75. The summed E-state index contributed by atoms with van der Waals surface area (Å²) in [4.78, 5) is 4.76. The minimum Gasteiger partial charge on any atom is -0.508 e. The smallest absolute Gasteiger partial charge is 0.191 e. The fourth-order valence-electron chi connectivity index (χ4n) is 3.43. The zero-order valence-electron chi connectivity index (χ0n) is 19.1. The Morgan fingerprint density at radius 2 is 1.88 bits per heavy atom. The number of hydrogen-bond donors (Lipinski definition) is 3. The topological polar surface area (TPSA) is 83.7 Å². The molecule has 0 aliphatic carbocycles. The number of halogens is 1. The van der Waals surface area contributed by atoms with Gasteiger partial charge in [-0.3, -0.25) is 0 Å². The summed E-state index contributed by atoms with van der Waals surface area (Å²) in [5.74, 6) is 1.62. The molecular weight excluding hydrogens is 517 g/mol. The number of rotatable bonds is 8. The Labute approximate surface area is 206 Å². The number of nitrogens with one attached hydrogen (secondary N) is 2. The molecule has 0 saturated carbocycles. The third-order valence-corrected chi connectivity index (χ3v) is 4.96. The number of guanidine groups is 1. The van der Waals surface area contributed by atoms with Gasteiger partial charge in [-0.25, -0.2) is 9.67 Å². The van der Waals surface area contributed by atoms with Crippen LogP contribution in [0.4, 0.5) is 0 Å². The number of methoxy groups -OCH3 is 1. The molecule has 0 aliphatic rings. The van der Waals surface area contributed by atoms with Gasteiger partial charge in [-0.2, -0.15) is 5.10 Å². The van der Waals surface area contributed by atoms with E-state index in [0.717, 1.165) is 40.7 Å². The second-order valence-electron chi connectivity index (χ2n) is 7.33. The molecule has 0 aliphatic heterocycles. The number of aromatic nitrogens is 2. The molecule has 1 aromatic heterocycles. The number of phenolic OH excluding ortho intramolecular Hbond substituents is 1. The van der Waals surface area contributed by atoms with Crippen LogP contribution in [-0.4, -0.2) is 41.0 Å². The van der Waals surface area contributed by atoms with Gasteiger partial charge < -0.3 is 20.5 Å². The average molecular weight is 549 g/mol. The lowest BCUT2D eigenvalue weighted by molar-refractivity contribution is 0.406. The van der Waals surface area contributed by atoms with E-state index in [1.54, 1.807) is 13.2 Å². The molecule has 0 radical (unpaired) electrons. The van der Waals surface area contributed by atoms with Crippen molar-refractivity contribution in [1.82, 2.24) is 20.4 Å². The Balaban J connectivity index is 0.00000363. The van der Waals surface area contributed by atoms with E-state index in [1.165, 1.54) is 0 Å². The van der Waals surface area contributed by atoms with Gasteiger partial charge in [0, 0.05) is 24.8 Å². The first-order valence-electron chi connectivity index (χ1n) is 10.5. The Bertz CT molecular complexity index is 1050. The highest BCUT2D eigenvalue weighted by atomic mass is 127. The lowest BCUT2D eigenvalue weighted by atomic mass is 10.1. The third kappa shape index (κ3) is 6.62. The van der Waals surface area contributed by atoms with E-state index in [2.05, 4.69) is 40.9 Å². The number of hydrogen-bond acceptors (Lipinski definition) is 4. The highest BCUT2D eigenvalue weighted by Crippen LogP contribution is 2.23. The zero-order chi connectivity index (χ0) is 22.2. The first kappa shape index (κ1) is 25.5. The van der Waals surface area contributed by atoms with Crippen LogP contribution >= 0.6 is 24.0 Å². The molecule has 3 N–H and O–H groups in total. The highest BCUT2D eigenvalue weighted by molar-refractivity contribution is 14.0. The van der Waals surface area contributed by atoms with Gasteiger partial charge in [0.1, 0.15) is 11.5 Å². The van der Waals surface area contributed by atoms with Crippen molar-refractivity contribution < 1.29 is 9.84 Å². The molecule has 2 aromatic carbocycles. The number of nitrogens with zero attached hydrogens (tertiary/aromatic N) is 3. The first-order valence-corrected chi connectivity index (χ1v) is 10.5. The van der Waals surface area contributed by atoms with Crippen LogP contribution in [-0.2, 0) is 13.0 Å². The molecule has 0 unspecified atom stereocenters. The van der Waals surface area contributed by atoms with E-state index in [4.69, 9.17) is 9.73 Å². The molecule has 32 heavy (non-hydrogen) atoms. The third-order valence-electron chi connectivity index (χ3n) is 4.96. The van der Waals surface area contributed by atoms with Crippen molar-refractivity contribution in [2.24, 2.45) is 4.99 Å². The van der Waals surface area contributed by atoms with Gasteiger partial charge in [-0.05, 0) is 56.5 Å². The second-order valence-corrected chi connectivity index (χ2v) is 7.33. The van der Waals surface area contributed by atoms with E-state index in [-0.39, 0.29) is 29.7 Å². The van der Waals surface area contributed by atoms with Crippen molar-refractivity contribution in [2.75, 3.05) is 20.2 Å². The molecule has 0 spiro atoms. The van der Waals surface area contributed by atoms with Gasteiger partial charge in [0.15, 0.2) is 5.96 Å². The second kappa shape index (κ2) is 12.3. The predicted octanol–water partition coefficient (Wildman–Crippen LogP) is 4.12. The first-order chi connectivity index (χ1) is 15.0. The van der Waals surface area contributed by atoms with Crippen molar-refractivity contribution in [3.8, 4) is 17.2 Å². The van der Waals surface area contributed by atoms with Crippen LogP contribution in [0.5, 0.6) is 11.5 Å². The predicted molar refractivity (Wildman–Crippen MR) is 140 cm³/mol. The maximum atomic E-state index is 10.1. The molecule has 0 atom stereocenters. The number of aliphatic imine (C=N–C) groups is 1. The average Bonchev–Trinajstić information content (AvgIpc) is 3.10. The maximum absolute atomic E-state index is 10.1. The van der Waals surface area contributed by atoms with Crippen LogP contribution in [0.3, 0.4) is 0 Å². The van der Waals surface area contributed by atoms with Gasteiger partial charge in [0.25, 0.3) is 0 Å². The SMILES string of the molecule is CCNC(=NCc1ccccc1-n1nc(C)cc1C)NCCc1ccc(OC)cc1O.I. The van der Waals surface area contributed by atoms with E-state index in [0.29, 0.717) is 25.3 Å². The molecule has 1 heterocycles. The Kier molecular flexibility index (Phi) is 9.83. The molecule has 0 saturated heterocycles. The van der Waals surface area contributed by atoms with E-state index in [9.17, 15) is 5.11 Å². The summed E-state index contributed by atoms with van der Waals surface area (Å²) in [5, 5.41) is 21.4. The summed E-state index contributed by atoms with van der Waals surface area (Å²) in [6, 6.07) is 15.6. The minimum atomic E-state index is 0. The summed E-state index contributed by atoms with van der Waals surface area (Å²) < 4.78 is 7.10. The maximum Gasteiger partial charge on any atom is 0.191 e. The van der Waals surface area contributed by atoms with E-state index >= 15 is 0 Å². The van der Waals surface area contributed by atoms with Crippen molar-refractivity contribution in [1.29, 1.82) is 0 Å². The number of aryl methyl sites for hydroxylation is 2. The van der Waals surface area contributed by atoms with Crippen LogP contribution in [0.2, 0.25) is 0 Å². The van der Waals surface area contributed by atoms with Crippen molar-refractivity contribution in [3.63, 3.8) is 0 Å². The standard InChI is InChI=1S/C24H31N5O2.HI/c1-5-25-24(26-13-12-19-10-11-21(31-4)15-23(19)30)27-16-20-8-6-7-9-22(20)29-18(3)14-17(2)28-29;/h6-11,14-15,30H,5,12-13,16H2,1-4H3,(H2,25,26,27);1H. The number of benzene rings is 2. The normalized spacial score (nSPS) is 11.1. The zero-order valence-corrected chi connectivity index (χ0v) is 21.4. The summed E-state index contributed by atoms with van der Waals surface area (Å²) in [6.45, 7) is 8.02. The molecule has 3 aromatic rings. The largest absolute Gasteiger partial charge is 0.508 e. The van der Waals surface area contributed by atoms with Gasteiger partial charge >= 0.3 is 0 Å². The lowest BCUT2D eigenvalue weighted by Crippen LogP contribution is -2.38. The molecule has 0 bridgehead atoms.